The third-order valence-corrected chi connectivity index (χ3v) is 2.39. The van der Waals surface area contributed by atoms with Gasteiger partial charge < -0.3 is 15.4 Å². The summed E-state index contributed by atoms with van der Waals surface area (Å²) in [4.78, 5) is 2.07. The topological polar surface area (TPSA) is 38.5 Å². The third-order valence-electron chi connectivity index (χ3n) is 2.15. The second kappa shape index (κ2) is 6.74. The van der Waals surface area contributed by atoms with E-state index in [4.69, 9.17) is 22.1 Å². The number of hydrogen-bond donors (Lipinski definition) is 1. The Morgan fingerprint density at radius 2 is 2.19 bits per heavy atom. The zero-order valence-electron chi connectivity index (χ0n) is 9.82. The van der Waals surface area contributed by atoms with Crippen molar-refractivity contribution in [2.24, 2.45) is 5.73 Å². The summed E-state index contributed by atoms with van der Waals surface area (Å²) < 4.78 is 5.56. The molecule has 0 aromatic heterocycles. The van der Waals surface area contributed by atoms with Gasteiger partial charge in [0.15, 0.2) is 0 Å². The van der Waals surface area contributed by atoms with Gasteiger partial charge in [-0.15, -0.1) is 0 Å². The highest BCUT2D eigenvalue weighted by Gasteiger charge is 2.04. The Morgan fingerprint density at radius 1 is 1.44 bits per heavy atom. The third kappa shape index (κ3) is 5.35. The first-order chi connectivity index (χ1) is 7.58. The van der Waals surface area contributed by atoms with Crippen molar-refractivity contribution in [1.82, 2.24) is 4.90 Å². The van der Waals surface area contributed by atoms with Crippen molar-refractivity contribution >= 4 is 11.6 Å². The van der Waals surface area contributed by atoms with Gasteiger partial charge in [0, 0.05) is 17.6 Å². The minimum Gasteiger partial charge on any atom is -0.493 e. The second-order valence-corrected chi connectivity index (χ2v) is 4.55. The molecule has 1 unspecified atom stereocenters. The molecule has 1 atom stereocenters. The first kappa shape index (κ1) is 13.3. The lowest BCUT2D eigenvalue weighted by Gasteiger charge is -2.16. The minimum absolute atomic E-state index is 0.147. The molecule has 0 fully saturated rings. The van der Waals surface area contributed by atoms with Crippen molar-refractivity contribution < 1.29 is 4.74 Å². The summed E-state index contributed by atoms with van der Waals surface area (Å²) in [5.74, 6) is 0.796. The van der Waals surface area contributed by atoms with Gasteiger partial charge in [0.25, 0.3) is 0 Å². The Bertz CT molecular complexity index is 318. The molecule has 0 bridgehead atoms. The molecule has 1 aromatic carbocycles. The Morgan fingerprint density at radius 3 is 2.81 bits per heavy atom. The van der Waals surface area contributed by atoms with E-state index in [2.05, 4.69) is 4.90 Å². The van der Waals surface area contributed by atoms with Crippen molar-refractivity contribution in [2.45, 2.75) is 12.5 Å². The zero-order valence-corrected chi connectivity index (χ0v) is 10.6. The summed E-state index contributed by atoms with van der Waals surface area (Å²) in [5.41, 5.74) is 5.92. The average molecular weight is 243 g/mol. The lowest BCUT2D eigenvalue weighted by Crippen LogP contribution is -2.34. The Hall–Kier alpha value is -0.770. The van der Waals surface area contributed by atoms with Gasteiger partial charge in [-0.2, -0.15) is 0 Å². The van der Waals surface area contributed by atoms with Gasteiger partial charge in [0.1, 0.15) is 5.75 Å². The number of rotatable bonds is 6. The van der Waals surface area contributed by atoms with Gasteiger partial charge in [-0.1, -0.05) is 17.7 Å². The van der Waals surface area contributed by atoms with Crippen LogP contribution in [0.5, 0.6) is 5.75 Å². The predicted octanol–water partition coefficient (Wildman–Crippen LogP) is 2.00. The van der Waals surface area contributed by atoms with Crippen LogP contribution in [0.2, 0.25) is 5.02 Å². The molecule has 16 heavy (non-hydrogen) atoms. The number of halogens is 1. The highest BCUT2D eigenvalue weighted by atomic mass is 35.5. The van der Waals surface area contributed by atoms with Crippen LogP contribution in [0.4, 0.5) is 0 Å². The van der Waals surface area contributed by atoms with E-state index in [1.807, 2.05) is 32.3 Å². The molecule has 4 heteroatoms. The van der Waals surface area contributed by atoms with Crippen LogP contribution in [-0.2, 0) is 0 Å². The van der Waals surface area contributed by atoms with Crippen molar-refractivity contribution in [2.75, 3.05) is 27.2 Å². The van der Waals surface area contributed by atoms with Gasteiger partial charge in [0.2, 0.25) is 0 Å². The molecule has 3 nitrogen and oxygen atoms in total. The van der Waals surface area contributed by atoms with Gasteiger partial charge in [0.05, 0.1) is 6.61 Å². The maximum atomic E-state index is 5.92. The molecule has 1 aromatic rings. The molecule has 0 aliphatic rings. The Kier molecular flexibility index (Phi) is 5.60. The lowest BCUT2D eigenvalue weighted by atomic mass is 10.2. The van der Waals surface area contributed by atoms with Crippen LogP contribution in [0.15, 0.2) is 24.3 Å². The molecular formula is C12H19ClN2O. The van der Waals surface area contributed by atoms with E-state index in [1.54, 1.807) is 6.07 Å². The molecular weight excluding hydrogens is 224 g/mol. The first-order valence-corrected chi connectivity index (χ1v) is 5.74. The van der Waals surface area contributed by atoms with Crippen LogP contribution in [0.25, 0.3) is 0 Å². The maximum Gasteiger partial charge on any atom is 0.120 e. The number of nitrogens with zero attached hydrogens (tertiary/aromatic N) is 1. The summed E-state index contributed by atoms with van der Waals surface area (Å²) in [7, 11) is 4.02. The largest absolute Gasteiger partial charge is 0.493 e. The molecule has 0 amide bonds. The van der Waals surface area contributed by atoms with Crippen LogP contribution < -0.4 is 10.5 Å². The summed E-state index contributed by atoms with van der Waals surface area (Å²) in [5, 5.41) is 0.690. The summed E-state index contributed by atoms with van der Waals surface area (Å²) >= 11 is 5.84. The highest BCUT2D eigenvalue weighted by Crippen LogP contribution is 2.17. The molecule has 2 N–H and O–H groups in total. The fourth-order valence-electron chi connectivity index (χ4n) is 1.45. The quantitative estimate of drug-likeness (QED) is 0.829. The number of likely N-dealkylation sites (N-methyl/N-ethyl adjacent to an activating group) is 1. The lowest BCUT2D eigenvalue weighted by molar-refractivity contribution is 0.277. The number of benzene rings is 1. The van der Waals surface area contributed by atoms with E-state index >= 15 is 0 Å². The molecule has 0 radical (unpaired) electrons. The average Bonchev–Trinajstić information content (AvgIpc) is 2.16. The van der Waals surface area contributed by atoms with E-state index in [1.165, 1.54) is 0 Å². The predicted molar refractivity (Wildman–Crippen MR) is 68.1 cm³/mol. The monoisotopic (exact) mass is 242 g/mol. The summed E-state index contributed by atoms with van der Waals surface area (Å²) in [6, 6.07) is 7.54. The van der Waals surface area contributed by atoms with Gasteiger partial charge in [-0.3, -0.25) is 0 Å². The van der Waals surface area contributed by atoms with E-state index in [-0.39, 0.29) is 6.04 Å². The van der Waals surface area contributed by atoms with E-state index in [0.717, 1.165) is 18.7 Å². The number of hydrogen-bond acceptors (Lipinski definition) is 3. The molecule has 0 heterocycles. The summed E-state index contributed by atoms with van der Waals surface area (Å²) in [6.07, 6.45) is 0.838. The van der Waals surface area contributed by atoms with Crippen LogP contribution in [0.3, 0.4) is 0 Å². The van der Waals surface area contributed by atoms with Crippen LogP contribution >= 0.6 is 11.6 Å². The number of nitrogens with two attached hydrogens (primary N) is 1. The maximum absolute atomic E-state index is 5.92. The van der Waals surface area contributed by atoms with Crippen LogP contribution in [0.1, 0.15) is 6.42 Å². The molecule has 90 valence electrons. The fraction of sp³-hybridized carbons (Fsp3) is 0.500. The Labute approximate surface area is 102 Å². The SMILES string of the molecule is CN(C)CC(N)CCOc1cccc(Cl)c1. The normalized spacial score (nSPS) is 12.8. The van der Waals surface area contributed by atoms with E-state index < -0.39 is 0 Å². The second-order valence-electron chi connectivity index (χ2n) is 4.12. The van der Waals surface area contributed by atoms with E-state index in [0.29, 0.717) is 11.6 Å². The minimum atomic E-state index is 0.147. The van der Waals surface area contributed by atoms with E-state index in [9.17, 15) is 0 Å². The number of ether oxygens (including phenoxy) is 1. The van der Waals surface area contributed by atoms with Crippen LogP contribution in [-0.4, -0.2) is 38.2 Å². The molecule has 0 aliphatic carbocycles. The molecule has 0 saturated carbocycles. The highest BCUT2D eigenvalue weighted by molar-refractivity contribution is 6.30. The van der Waals surface area contributed by atoms with Crippen molar-refractivity contribution in [3.63, 3.8) is 0 Å². The standard InChI is InChI=1S/C12H19ClN2O/c1-15(2)9-11(14)6-7-16-12-5-3-4-10(13)8-12/h3-5,8,11H,6-7,9,14H2,1-2H3. The van der Waals surface area contributed by atoms with Gasteiger partial charge in [-0.05, 0) is 38.7 Å². The van der Waals surface area contributed by atoms with Crippen molar-refractivity contribution in [1.29, 1.82) is 0 Å². The fourth-order valence-corrected chi connectivity index (χ4v) is 1.63. The molecule has 0 aliphatic heterocycles. The smallest absolute Gasteiger partial charge is 0.120 e. The molecule has 0 spiro atoms. The van der Waals surface area contributed by atoms with Crippen LogP contribution in [0, 0.1) is 0 Å². The van der Waals surface area contributed by atoms with Gasteiger partial charge >= 0.3 is 0 Å². The van der Waals surface area contributed by atoms with Gasteiger partial charge in [-0.25, -0.2) is 0 Å². The summed E-state index contributed by atoms with van der Waals surface area (Å²) in [6.45, 7) is 1.49. The molecule has 0 saturated heterocycles. The first-order valence-electron chi connectivity index (χ1n) is 5.36. The van der Waals surface area contributed by atoms with Crippen molar-refractivity contribution in [3.05, 3.63) is 29.3 Å². The Balaban J connectivity index is 2.25. The molecule has 1 rings (SSSR count). The zero-order chi connectivity index (χ0) is 12.0. The van der Waals surface area contributed by atoms with Crippen molar-refractivity contribution in [3.8, 4) is 5.75 Å².